The summed E-state index contributed by atoms with van der Waals surface area (Å²) < 4.78 is 0. The zero-order valence-electron chi connectivity index (χ0n) is 9.70. The maximum absolute atomic E-state index is 11.1. The second kappa shape index (κ2) is 6.05. The van der Waals surface area contributed by atoms with Gasteiger partial charge in [-0.15, -0.1) is 0 Å². The number of carbonyl (C=O) groups is 1. The Morgan fingerprint density at radius 3 is 2.73 bits per heavy atom. The Hall–Kier alpha value is -0.650. The van der Waals surface area contributed by atoms with E-state index >= 15 is 0 Å². The van der Waals surface area contributed by atoms with Crippen LogP contribution in [0.5, 0.6) is 0 Å². The number of hydrogen-bond donors (Lipinski definition) is 2. The Morgan fingerprint density at radius 1 is 1.40 bits per heavy atom. The molecule has 15 heavy (non-hydrogen) atoms. The van der Waals surface area contributed by atoms with Crippen LogP contribution in [0.4, 0.5) is 0 Å². The standard InChI is InChI=1S/C10H22N4O/c1-12-9(10(11)15)8-14-5-3-4-13(2)6-7-14/h9,12H,3-8H2,1-2H3,(H2,11,15). The molecule has 0 bridgehead atoms. The van der Waals surface area contributed by atoms with Gasteiger partial charge in [-0.3, -0.25) is 9.69 Å². The molecule has 1 amide bonds. The molecule has 1 aliphatic rings. The van der Waals surface area contributed by atoms with E-state index in [9.17, 15) is 4.79 Å². The summed E-state index contributed by atoms with van der Waals surface area (Å²) in [7, 11) is 3.91. The molecule has 0 aromatic heterocycles. The Labute approximate surface area is 91.6 Å². The highest BCUT2D eigenvalue weighted by Gasteiger charge is 2.19. The van der Waals surface area contributed by atoms with Crippen LogP contribution < -0.4 is 11.1 Å². The minimum absolute atomic E-state index is 0.228. The van der Waals surface area contributed by atoms with Crippen molar-refractivity contribution in [2.24, 2.45) is 5.73 Å². The van der Waals surface area contributed by atoms with Crippen LogP contribution in [0, 0.1) is 0 Å². The molecule has 1 unspecified atom stereocenters. The van der Waals surface area contributed by atoms with Crippen molar-refractivity contribution in [2.75, 3.05) is 46.8 Å². The lowest BCUT2D eigenvalue weighted by atomic mass is 10.2. The second-order valence-corrected chi connectivity index (χ2v) is 4.20. The molecule has 1 fully saturated rings. The van der Waals surface area contributed by atoms with Crippen molar-refractivity contribution in [1.82, 2.24) is 15.1 Å². The van der Waals surface area contributed by atoms with Gasteiger partial charge in [0, 0.05) is 19.6 Å². The normalized spacial score (nSPS) is 22.3. The third-order valence-corrected chi connectivity index (χ3v) is 2.94. The molecular formula is C10H22N4O. The molecule has 5 nitrogen and oxygen atoms in total. The summed E-state index contributed by atoms with van der Waals surface area (Å²) >= 11 is 0. The molecule has 5 heteroatoms. The van der Waals surface area contributed by atoms with Crippen LogP contribution in [0.15, 0.2) is 0 Å². The third-order valence-electron chi connectivity index (χ3n) is 2.94. The second-order valence-electron chi connectivity index (χ2n) is 4.20. The molecule has 0 spiro atoms. The van der Waals surface area contributed by atoms with Crippen LogP contribution in [0.25, 0.3) is 0 Å². The average molecular weight is 214 g/mol. The first-order chi connectivity index (χ1) is 7.13. The first-order valence-electron chi connectivity index (χ1n) is 5.51. The molecule has 1 heterocycles. The molecule has 1 aliphatic heterocycles. The van der Waals surface area contributed by atoms with Crippen LogP contribution in [0.3, 0.4) is 0 Å². The maximum atomic E-state index is 11.1. The van der Waals surface area contributed by atoms with Crippen molar-refractivity contribution in [1.29, 1.82) is 0 Å². The number of carbonyl (C=O) groups excluding carboxylic acids is 1. The van der Waals surface area contributed by atoms with Crippen LogP contribution in [0.1, 0.15) is 6.42 Å². The number of nitrogens with one attached hydrogen (secondary N) is 1. The number of amides is 1. The molecule has 0 aromatic rings. The molecular weight excluding hydrogens is 192 g/mol. The van der Waals surface area contributed by atoms with Crippen molar-refractivity contribution >= 4 is 5.91 Å². The van der Waals surface area contributed by atoms with Gasteiger partial charge in [-0.25, -0.2) is 0 Å². The Balaban J connectivity index is 2.39. The number of nitrogens with two attached hydrogens (primary N) is 1. The summed E-state index contributed by atoms with van der Waals surface area (Å²) in [5, 5.41) is 2.95. The molecule has 0 radical (unpaired) electrons. The van der Waals surface area contributed by atoms with E-state index in [4.69, 9.17) is 5.73 Å². The summed E-state index contributed by atoms with van der Waals surface area (Å²) in [6, 6.07) is -0.228. The predicted octanol–water partition coefficient (Wildman–Crippen LogP) is -1.30. The lowest BCUT2D eigenvalue weighted by Crippen LogP contribution is -2.48. The highest BCUT2D eigenvalue weighted by molar-refractivity contribution is 5.80. The van der Waals surface area contributed by atoms with Crippen molar-refractivity contribution in [3.63, 3.8) is 0 Å². The van der Waals surface area contributed by atoms with E-state index in [-0.39, 0.29) is 11.9 Å². The van der Waals surface area contributed by atoms with Gasteiger partial charge < -0.3 is 16.0 Å². The monoisotopic (exact) mass is 214 g/mol. The molecule has 0 aromatic carbocycles. The van der Waals surface area contributed by atoms with E-state index in [1.807, 2.05) is 0 Å². The first-order valence-corrected chi connectivity index (χ1v) is 5.51. The molecule has 1 rings (SSSR count). The average Bonchev–Trinajstić information content (AvgIpc) is 2.39. The summed E-state index contributed by atoms with van der Waals surface area (Å²) in [6.07, 6.45) is 1.16. The molecule has 3 N–H and O–H groups in total. The van der Waals surface area contributed by atoms with E-state index in [0.717, 1.165) is 39.1 Å². The number of nitrogens with zero attached hydrogens (tertiary/aromatic N) is 2. The Bertz CT molecular complexity index is 210. The summed E-state index contributed by atoms with van der Waals surface area (Å²) in [4.78, 5) is 15.7. The number of rotatable bonds is 4. The Kier molecular flexibility index (Phi) is 5.01. The van der Waals surface area contributed by atoms with E-state index in [1.54, 1.807) is 7.05 Å². The zero-order chi connectivity index (χ0) is 11.3. The largest absolute Gasteiger partial charge is 0.368 e. The quantitative estimate of drug-likeness (QED) is 0.610. The van der Waals surface area contributed by atoms with Crippen LogP contribution in [-0.2, 0) is 4.79 Å². The lowest BCUT2D eigenvalue weighted by Gasteiger charge is -2.24. The summed E-state index contributed by atoms with van der Waals surface area (Å²) in [6.45, 7) is 4.99. The van der Waals surface area contributed by atoms with E-state index in [0.29, 0.717) is 0 Å². The van der Waals surface area contributed by atoms with Crippen molar-refractivity contribution in [2.45, 2.75) is 12.5 Å². The molecule has 1 saturated heterocycles. The van der Waals surface area contributed by atoms with Gasteiger partial charge in [-0.1, -0.05) is 0 Å². The van der Waals surface area contributed by atoms with Crippen molar-refractivity contribution in [3.8, 4) is 0 Å². The van der Waals surface area contributed by atoms with Crippen molar-refractivity contribution in [3.05, 3.63) is 0 Å². The molecule has 1 atom stereocenters. The van der Waals surface area contributed by atoms with Gasteiger partial charge >= 0.3 is 0 Å². The highest BCUT2D eigenvalue weighted by atomic mass is 16.1. The van der Waals surface area contributed by atoms with Gasteiger partial charge in [0.1, 0.15) is 0 Å². The van der Waals surface area contributed by atoms with Crippen LogP contribution in [-0.4, -0.2) is 68.6 Å². The fraction of sp³-hybridized carbons (Fsp3) is 0.900. The fourth-order valence-electron chi connectivity index (χ4n) is 1.86. The SMILES string of the molecule is CNC(CN1CCCN(C)CC1)C(N)=O. The van der Waals surface area contributed by atoms with E-state index in [1.165, 1.54) is 0 Å². The van der Waals surface area contributed by atoms with Gasteiger partial charge in [-0.2, -0.15) is 0 Å². The minimum Gasteiger partial charge on any atom is -0.368 e. The van der Waals surface area contributed by atoms with Gasteiger partial charge in [0.2, 0.25) is 5.91 Å². The maximum Gasteiger partial charge on any atom is 0.235 e. The summed E-state index contributed by atoms with van der Waals surface area (Å²) in [5.74, 6) is -0.268. The summed E-state index contributed by atoms with van der Waals surface area (Å²) in [5.41, 5.74) is 5.29. The minimum atomic E-state index is -0.268. The smallest absolute Gasteiger partial charge is 0.235 e. The van der Waals surface area contributed by atoms with Gasteiger partial charge in [0.05, 0.1) is 6.04 Å². The zero-order valence-corrected chi connectivity index (χ0v) is 9.70. The number of likely N-dealkylation sites (N-methyl/N-ethyl adjacent to an activating group) is 2. The van der Waals surface area contributed by atoms with Crippen LogP contribution in [0.2, 0.25) is 0 Å². The predicted molar refractivity (Wildman–Crippen MR) is 60.6 cm³/mol. The van der Waals surface area contributed by atoms with Crippen LogP contribution >= 0.6 is 0 Å². The van der Waals surface area contributed by atoms with Gasteiger partial charge in [0.25, 0.3) is 0 Å². The Morgan fingerprint density at radius 2 is 2.13 bits per heavy atom. The number of hydrogen-bond acceptors (Lipinski definition) is 4. The number of primary amides is 1. The third kappa shape index (κ3) is 4.15. The highest BCUT2D eigenvalue weighted by Crippen LogP contribution is 2.01. The van der Waals surface area contributed by atoms with Gasteiger partial charge in [-0.05, 0) is 33.6 Å². The molecule has 88 valence electrons. The topological polar surface area (TPSA) is 61.6 Å². The first kappa shape index (κ1) is 12.4. The van der Waals surface area contributed by atoms with Crippen molar-refractivity contribution < 1.29 is 4.79 Å². The van der Waals surface area contributed by atoms with E-state index < -0.39 is 0 Å². The molecule has 0 saturated carbocycles. The van der Waals surface area contributed by atoms with Gasteiger partial charge in [0.15, 0.2) is 0 Å². The fourth-order valence-corrected chi connectivity index (χ4v) is 1.86. The lowest BCUT2D eigenvalue weighted by molar-refractivity contribution is -0.120. The molecule has 0 aliphatic carbocycles. The van der Waals surface area contributed by atoms with E-state index in [2.05, 4.69) is 22.2 Å².